The Morgan fingerprint density at radius 3 is 2.44 bits per heavy atom. The van der Waals surface area contributed by atoms with E-state index >= 15 is 0 Å². The molecular formula is C16H23N3O5S. The van der Waals surface area contributed by atoms with Gasteiger partial charge in [0, 0.05) is 32.4 Å². The SMILES string of the molecule is Cn1cc(S(=O)(=O)N2CCCCC2)cc1C(=O)N(CC(=O)O)C1CC1. The number of carbonyl (C=O) groups excluding carboxylic acids is 1. The van der Waals surface area contributed by atoms with Gasteiger partial charge in [0.25, 0.3) is 5.91 Å². The quantitative estimate of drug-likeness (QED) is 0.803. The van der Waals surface area contributed by atoms with Gasteiger partial charge < -0.3 is 14.6 Å². The van der Waals surface area contributed by atoms with Crippen LogP contribution in [0.2, 0.25) is 0 Å². The van der Waals surface area contributed by atoms with E-state index in [0.717, 1.165) is 32.1 Å². The molecule has 1 saturated carbocycles. The van der Waals surface area contributed by atoms with Crippen molar-refractivity contribution in [3.05, 3.63) is 18.0 Å². The molecule has 2 heterocycles. The van der Waals surface area contributed by atoms with Gasteiger partial charge in [0.2, 0.25) is 10.0 Å². The molecule has 1 aromatic rings. The van der Waals surface area contributed by atoms with Crippen molar-refractivity contribution in [2.75, 3.05) is 19.6 Å². The van der Waals surface area contributed by atoms with Gasteiger partial charge in [-0.2, -0.15) is 4.31 Å². The van der Waals surface area contributed by atoms with Crippen LogP contribution < -0.4 is 0 Å². The molecule has 1 N–H and O–H groups in total. The van der Waals surface area contributed by atoms with E-state index in [9.17, 15) is 18.0 Å². The van der Waals surface area contributed by atoms with E-state index in [-0.39, 0.29) is 23.2 Å². The number of aryl methyl sites for hydroxylation is 1. The molecule has 1 saturated heterocycles. The molecule has 25 heavy (non-hydrogen) atoms. The van der Waals surface area contributed by atoms with Crippen LogP contribution in [0.5, 0.6) is 0 Å². The molecule has 0 unspecified atom stereocenters. The van der Waals surface area contributed by atoms with E-state index in [0.29, 0.717) is 13.1 Å². The molecule has 0 bridgehead atoms. The lowest BCUT2D eigenvalue weighted by Crippen LogP contribution is -2.38. The summed E-state index contributed by atoms with van der Waals surface area (Å²) < 4.78 is 28.4. The van der Waals surface area contributed by atoms with E-state index in [1.54, 1.807) is 7.05 Å². The van der Waals surface area contributed by atoms with Crippen molar-refractivity contribution in [1.29, 1.82) is 0 Å². The molecule has 1 aromatic heterocycles. The van der Waals surface area contributed by atoms with Gasteiger partial charge in [0.15, 0.2) is 0 Å². The van der Waals surface area contributed by atoms with Crippen molar-refractivity contribution in [3.8, 4) is 0 Å². The normalized spacial score (nSPS) is 18.9. The van der Waals surface area contributed by atoms with Crippen LogP contribution in [0, 0.1) is 0 Å². The number of aliphatic carboxylic acids is 1. The summed E-state index contributed by atoms with van der Waals surface area (Å²) in [5.41, 5.74) is 0.198. The van der Waals surface area contributed by atoms with Crippen LogP contribution in [-0.4, -0.2) is 64.8 Å². The predicted octanol–water partition coefficient (Wildman–Crippen LogP) is 0.889. The highest BCUT2D eigenvalue weighted by molar-refractivity contribution is 7.89. The summed E-state index contributed by atoms with van der Waals surface area (Å²) in [5, 5.41) is 9.03. The third-order valence-electron chi connectivity index (χ3n) is 4.71. The second kappa shape index (κ2) is 6.80. The first-order valence-electron chi connectivity index (χ1n) is 8.50. The highest BCUT2D eigenvalue weighted by atomic mass is 32.2. The van der Waals surface area contributed by atoms with Crippen molar-refractivity contribution >= 4 is 21.9 Å². The van der Waals surface area contributed by atoms with E-state index in [4.69, 9.17) is 5.11 Å². The number of piperidine rings is 1. The van der Waals surface area contributed by atoms with Gasteiger partial charge in [-0.1, -0.05) is 6.42 Å². The summed E-state index contributed by atoms with van der Waals surface area (Å²) in [6.07, 6.45) is 5.70. The largest absolute Gasteiger partial charge is 0.480 e. The first-order chi connectivity index (χ1) is 11.8. The van der Waals surface area contributed by atoms with E-state index in [1.807, 2.05) is 0 Å². The van der Waals surface area contributed by atoms with Gasteiger partial charge in [-0.15, -0.1) is 0 Å². The van der Waals surface area contributed by atoms with Crippen LogP contribution in [0.1, 0.15) is 42.6 Å². The number of carboxylic acids is 1. The minimum absolute atomic E-state index is 0.0688. The van der Waals surface area contributed by atoms with Crippen LogP contribution >= 0.6 is 0 Å². The van der Waals surface area contributed by atoms with Gasteiger partial charge >= 0.3 is 5.97 Å². The minimum atomic E-state index is -3.63. The number of rotatable bonds is 6. The summed E-state index contributed by atoms with van der Waals surface area (Å²) in [6.45, 7) is 0.615. The number of amides is 1. The molecule has 0 atom stereocenters. The van der Waals surface area contributed by atoms with E-state index in [1.165, 1.54) is 26.0 Å². The molecule has 0 radical (unpaired) electrons. The maximum Gasteiger partial charge on any atom is 0.323 e. The Morgan fingerprint density at radius 1 is 1.24 bits per heavy atom. The van der Waals surface area contributed by atoms with Crippen LogP contribution in [0.25, 0.3) is 0 Å². The fraction of sp³-hybridized carbons (Fsp3) is 0.625. The molecule has 1 aliphatic carbocycles. The average molecular weight is 369 g/mol. The topological polar surface area (TPSA) is 99.9 Å². The number of hydrogen-bond donors (Lipinski definition) is 1. The first kappa shape index (κ1) is 17.9. The Morgan fingerprint density at radius 2 is 1.88 bits per heavy atom. The Bertz CT molecular complexity index is 776. The summed E-state index contributed by atoms with van der Waals surface area (Å²) in [7, 11) is -2.02. The van der Waals surface area contributed by atoms with Crippen LogP contribution in [0.3, 0.4) is 0 Å². The minimum Gasteiger partial charge on any atom is -0.480 e. The Kier molecular flexibility index (Phi) is 4.88. The van der Waals surface area contributed by atoms with Crippen molar-refractivity contribution in [1.82, 2.24) is 13.8 Å². The zero-order valence-corrected chi connectivity index (χ0v) is 15.0. The van der Waals surface area contributed by atoms with Crippen molar-refractivity contribution in [3.63, 3.8) is 0 Å². The number of sulfonamides is 1. The van der Waals surface area contributed by atoms with E-state index in [2.05, 4.69) is 0 Å². The van der Waals surface area contributed by atoms with Crippen LogP contribution in [0.4, 0.5) is 0 Å². The summed E-state index contributed by atoms with van der Waals surface area (Å²) in [5.74, 6) is -1.51. The summed E-state index contributed by atoms with van der Waals surface area (Å²) in [6, 6.07) is 1.30. The predicted molar refractivity (Wildman–Crippen MR) is 89.7 cm³/mol. The van der Waals surface area contributed by atoms with E-state index < -0.39 is 21.9 Å². The van der Waals surface area contributed by atoms with Crippen molar-refractivity contribution < 1.29 is 23.1 Å². The number of nitrogens with zero attached hydrogens (tertiary/aromatic N) is 3. The second-order valence-electron chi connectivity index (χ2n) is 6.69. The molecule has 8 nitrogen and oxygen atoms in total. The Balaban J connectivity index is 1.86. The maximum absolute atomic E-state index is 12.8. The van der Waals surface area contributed by atoms with Gasteiger partial charge in [-0.25, -0.2) is 8.42 Å². The number of aromatic nitrogens is 1. The number of hydrogen-bond acceptors (Lipinski definition) is 4. The highest BCUT2D eigenvalue weighted by Crippen LogP contribution is 2.29. The lowest BCUT2D eigenvalue weighted by Gasteiger charge is -2.25. The Labute approximate surface area is 147 Å². The third-order valence-corrected chi connectivity index (χ3v) is 6.57. The molecule has 3 rings (SSSR count). The van der Waals surface area contributed by atoms with Crippen molar-refractivity contribution in [2.45, 2.75) is 43.0 Å². The molecule has 2 fully saturated rings. The molecular weight excluding hydrogens is 346 g/mol. The van der Waals surface area contributed by atoms with Gasteiger partial charge in [-0.3, -0.25) is 9.59 Å². The van der Waals surface area contributed by atoms with Gasteiger partial charge in [0.1, 0.15) is 17.1 Å². The highest BCUT2D eigenvalue weighted by Gasteiger charge is 2.36. The lowest BCUT2D eigenvalue weighted by molar-refractivity contribution is -0.137. The molecule has 1 aliphatic heterocycles. The van der Waals surface area contributed by atoms with Crippen LogP contribution in [-0.2, 0) is 21.9 Å². The first-order valence-corrected chi connectivity index (χ1v) is 9.94. The standard InChI is InChI=1S/C16H23N3O5S/c1-17-10-13(25(23,24)18-7-3-2-4-8-18)9-14(17)16(22)19(11-15(20)21)12-5-6-12/h9-10,12H,2-8,11H2,1H3,(H,20,21). The lowest BCUT2D eigenvalue weighted by atomic mass is 10.2. The summed E-state index contributed by atoms with van der Waals surface area (Å²) >= 11 is 0. The maximum atomic E-state index is 12.8. The number of carbonyl (C=O) groups is 2. The molecule has 138 valence electrons. The molecule has 0 spiro atoms. The van der Waals surface area contributed by atoms with Crippen LogP contribution in [0.15, 0.2) is 17.2 Å². The summed E-state index contributed by atoms with van der Waals surface area (Å²) in [4.78, 5) is 25.2. The molecule has 9 heteroatoms. The van der Waals surface area contributed by atoms with Gasteiger partial charge in [0.05, 0.1) is 0 Å². The fourth-order valence-corrected chi connectivity index (χ4v) is 4.78. The zero-order valence-electron chi connectivity index (χ0n) is 14.2. The van der Waals surface area contributed by atoms with Gasteiger partial charge in [-0.05, 0) is 31.7 Å². The zero-order chi connectivity index (χ0) is 18.2. The van der Waals surface area contributed by atoms with Crippen molar-refractivity contribution in [2.24, 2.45) is 7.05 Å². The second-order valence-corrected chi connectivity index (χ2v) is 8.63. The molecule has 2 aliphatic rings. The number of carboxylic acid groups (broad SMARTS) is 1. The fourth-order valence-electron chi connectivity index (χ4n) is 3.19. The smallest absolute Gasteiger partial charge is 0.323 e. The molecule has 0 aromatic carbocycles. The Hall–Kier alpha value is -1.87. The average Bonchev–Trinajstić information content (AvgIpc) is 3.34. The molecule has 1 amide bonds. The third kappa shape index (κ3) is 3.72. The monoisotopic (exact) mass is 369 g/mol.